The first-order valence-corrected chi connectivity index (χ1v) is 7.66. The van der Waals surface area contributed by atoms with Crippen molar-refractivity contribution in [1.82, 2.24) is 4.90 Å². The smallest absolute Gasteiger partial charge is 0.0616 e. The Kier molecular flexibility index (Phi) is 5.27. The molecule has 1 aliphatic heterocycles. The molecular weight excluding hydrogens is 234 g/mol. The number of thiol groups is 1. The summed E-state index contributed by atoms with van der Waals surface area (Å²) in [4.78, 5) is 2.74. The number of allylic oxidation sites excluding steroid dienone is 1. The second-order valence-electron chi connectivity index (χ2n) is 5.41. The van der Waals surface area contributed by atoms with Crippen molar-refractivity contribution in [1.29, 1.82) is 0 Å². The van der Waals surface area contributed by atoms with E-state index in [9.17, 15) is 0 Å². The molecule has 0 N–H and O–H groups in total. The summed E-state index contributed by atoms with van der Waals surface area (Å²) in [5, 5.41) is 0. The number of hydrogen-bond donors (Lipinski definition) is 1. The summed E-state index contributed by atoms with van der Waals surface area (Å²) in [5.74, 6) is 3.44. The van der Waals surface area contributed by atoms with Crippen LogP contribution in [0.5, 0.6) is 0 Å². The predicted octanol–water partition coefficient (Wildman–Crippen LogP) is 3.53. The predicted molar refractivity (Wildman–Crippen MR) is 79.4 cm³/mol. The van der Waals surface area contributed by atoms with Crippen LogP contribution >= 0.6 is 24.4 Å². The molecular formula is C13H25NS2. The largest absolute Gasteiger partial charge is 0.285 e. The lowest BCUT2D eigenvalue weighted by Gasteiger charge is -2.29. The fraction of sp³-hybridized carbons (Fsp3) is 0.846. The highest BCUT2D eigenvalue weighted by Gasteiger charge is 2.35. The van der Waals surface area contributed by atoms with Gasteiger partial charge < -0.3 is 0 Å². The SMILES string of the molecule is CC(C)[C@H](/C=C/C1CSC(C)(C)N1C)CS. The highest BCUT2D eigenvalue weighted by Crippen LogP contribution is 2.37. The van der Waals surface area contributed by atoms with Crippen LogP contribution in [-0.4, -0.2) is 34.4 Å². The van der Waals surface area contributed by atoms with Gasteiger partial charge in [-0.25, -0.2) is 0 Å². The molecule has 0 bridgehead atoms. The number of nitrogens with zero attached hydrogens (tertiary/aromatic N) is 1. The van der Waals surface area contributed by atoms with Crippen LogP contribution in [0.1, 0.15) is 27.7 Å². The van der Waals surface area contributed by atoms with E-state index in [1.54, 1.807) is 0 Å². The van der Waals surface area contributed by atoms with Crippen molar-refractivity contribution in [2.45, 2.75) is 38.6 Å². The summed E-state index contributed by atoms with van der Waals surface area (Å²) in [6, 6.07) is 0.584. The molecule has 0 aromatic heterocycles. The lowest BCUT2D eigenvalue weighted by atomic mass is 9.96. The Morgan fingerprint density at radius 3 is 2.50 bits per heavy atom. The van der Waals surface area contributed by atoms with Crippen molar-refractivity contribution < 1.29 is 0 Å². The molecule has 3 heteroatoms. The average molecular weight is 259 g/mol. The summed E-state index contributed by atoms with van der Waals surface area (Å²) in [6.45, 7) is 9.12. The number of rotatable bonds is 4. The number of hydrogen-bond acceptors (Lipinski definition) is 3. The van der Waals surface area contributed by atoms with Gasteiger partial charge in [0.2, 0.25) is 0 Å². The molecule has 1 fully saturated rings. The molecule has 0 radical (unpaired) electrons. The van der Waals surface area contributed by atoms with E-state index in [4.69, 9.17) is 0 Å². The topological polar surface area (TPSA) is 3.24 Å². The molecule has 94 valence electrons. The fourth-order valence-electron chi connectivity index (χ4n) is 1.85. The molecule has 0 amide bonds. The first kappa shape index (κ1) is 14.5. The molecule has 1 saturated heterocycles. The Labute approximate surface area is 110 Å². The zero-order chi connectivity index (χ0) is 12.3. The van der Waals surface area contributed by atoms with E-state index < -0.39 is 0 Å². The van der Waals surface area contributed by atoms with Crippen molar-refractivity contribution in [2.75, 3.05) is 18.6 Å². The third-order valence-corrected chi connectivity index (χ3v) is 5.53. The van der Waals surface area contributed by atoms with Crippen molar-refractivity contribution in [3.63, 3.8) is 0 Å². The summed E-state index contributed by atoms with van der Waals surface area (Å²) in [7, 11) is 2.22. The van der Waals surface area contributed by atoms with Gasteiger partial charge in [-0.3, -0.25) is 4.90 Å². The normalized spacial score (nSPS) is 28.1. The zero-order valence-electron chi connectivity index (χ0n) is 11.1. The maximum Gasteiger partial charge on any atom is 0.0616 e. The first-order valence-electron chi connectivity index (χ1n) is 6.04. The molecule has 0 aromatic carbocycles. The summed E-state index contributed by atoms with van der Waals surface area (Å²) in [6.07, 6.45) is 4.74. The minimum atomic E-state index is 0.281. The van der Waals surface area contributed by atoms with Gasteiger partial charge in [0, 0.05) is 11.8 Å². The molecule has 1 heterocycles. The van der Waals surface area contributed by atoms with E-state index in [-0.39, 0.29) is 4.87 Å². The molecule has 0 aromatic rings. The molecule has 1 aliphatic rings. The van der Waals surface area contributed by atoms with Crippen LogP contribution in [0.25, 0.3) is 0 Å². The number of thioether (sulfide) groups is 1. The Balaban J connectivity index is 2.58. The summed E-state index contributed by atoms with van der Waals surface area (Å²) >= 11 is 6.46. The van der Waals surface area contributed by atoms with E-state index in [2.05, 4.69) is 64.4 Å². The van der Waals surface area contributed by atoms with Crippen LogP contribution < -0.4 is 0 Å². The molecule has 1 unspecified atom stereocenters. The Morgan fingerprint density at radius 1 is 1.50 bits per heavy atom. The van der Waals surface area contributed by atoms with Gasteiger partial charge in [0.05, 0.1) is 4.87 Å². The third kappa shape index (κ3) is 3.44. The van der Waals surface area contributed by atoms with Crippen molar-refractivity contribution in [2.24, 2.45) is 11.8 Å². The Bertz CT molecular complexity index is 248. The van der Waals surface area contributed by atoms with Crippen LogP contribution in [0.2, 0.25) is 0 Å². The molecule has 0 spiro atoms. The lowest BCUT2D eigenvalue weighted by molar-refractivity contribution is 0.235. The van der Waals surface area contributed by atoms with E-state index in [1.807, 2.05) is 11.8 Å². The molecule has 0 saturated carbocycles. The maximum atomic E-state index is 4.42. The second-order valence-corrected chi connectivity index (χ2v) is 7.40. The summed E-state index contributed by atoms with van der Waals surface area (Å²) < 4.78 is 0. The van der Waals surface area contributed by atoms with Gasteiger partial charge in [-0.05, 0) is 38.5 Å². The maximum absolute atomic E-state index is 4.42. The van der Waals surface area contributed by atoms with Crippen LogP contribution in [0.4, 0.5) is 0 Å². The first-order chi connectivity index (χ1) is 7.38. The van der Waals surface area contributed by atoms with Gasteiger partial charge in [-0.2, -0.15) is 12.6 Å². The Hall–Kier alpha value is 0.400. The zero-order valence-corrected chi connectivity index (χ0v) is 12.8. The van der Waals surface area contributed by atoms with E-state index >= 15 is 0 Å². The van der Waals surface area contributed by atoms with Crippen LogP contribution in [-0.2, 0) is 0 Å². The minimum Gasteiger partial charge on any atom is -0.285 e. The molecule has 1 rings (SSSR count). The monoisotopic (exact) mass is 259 g/mol. The minimum absolute atomic E-state index is 0.281. The molecule has 2 atom stereocenters. The van der Waals surface area contributed by atoms with E-state index in [0.717, 1.165) is 5.75 Å². The second kappa shape index (κ2) is 5.83. The Morgan fingerprint density at radius 2 is 2.12 bits per heavy atom. The average Bonchev–Trinajstić information content (AvgIpc) is 2.45. The highest BCUT2D eigenvalue weighted by atomic mass is 32.2. The molecule has 0 aliphatic carbocycles. The van der Waals surface area contributed by atoms with Crippen LogP contribution in [0.3, 0.4) is 0 Å². The molecule has 1 nitrogen and oxygen atoms in total. The van der Waals surface area contributed by atoms with E-state index in [0.29, 0.717) is 17.9 Å². The van der Waals surface area contributed by atoms with Crippen molar-refractivity contribution in [3.05, 3.63) is 12.2 Å². The van der Waals surface area contributed by atoms with Gasteiger partial charge in [0.25, 0.3) is 0 Å². The van der Waals surface area contributed by atoms with Gasteiger partial charge in [0.1, 0.15) is 0 Å². The van der Waals surface area contributed by atoms with Crippen LogP contribution in [0.15, 0.2) is 12.2 Å². The summed E-state index contributed by atoms with van der Waals surface area (Å²) in [5.41, 5.74) is 0. The number of likely N-dealkylation sites (N-methyl/N-ethyl adjacent to an activating group) is 1. The lowest BCUT2D eigenvalue weighted by Crippen LogP contribution is -2.37. The standard InChI is InChI=1S/C13H25NS2/c1-10(2)11(8-15)6-7-12-9-16-13(3,4)14(12)5/h6-7,10-12,15H,8-9H2,1-5H3/b7-6+/t11-,12?/m1/s1. The van der Waals surface area contributed by atoms with Gasteiger partial charge >= 0.3 is 0 Å². The third-order valence-electron chi connectivity index (χ3n) is 3.60. The van der Waals surface area contributed by atoms with Gasteiger partial charge in [-0.15, -0.1) is 11.8 Å². The quantitative estimate of drug-likeness (QED) is 0.608. The highest BCUT2D eigenvalue weighted by molar-refractivity contribution is 8.00. The van der Waals surface area contributed by atoms with Crippen molar-refractivity contribution >= 4 is 24.4 Å². The van der Waals surface area contributed by atoms with Crippen molar-refractivity contribution in [3.8, 4) is 0 Å². The van der Waals surface area contributed by atoms with Gasteiger partial charge in [-0.1, -0.05) is 26.0 Å². The van der Waals surface area contributed by atoms with E-state index in [1.165, 1.54) is 5.75 Å². The van der Waals surface area contributed by atoms with Crippen LogP contribution in [0, 0.1) is 11.8 Å². The fourth-order valence-corrected chi connectivity index (χ4v) is 3.65. The molecule has 16 heavy (non-hydrogen) atoms. The van der Waals surface area contributed by atoms with Gasteiger partial charge in [0.15, 0.2) is 0 Å².